The molecule has 0 saturated heterocycles. The van der Waals surface area contributed by atoms with E-state index in [-0.39, 0.29) is 6.61 Å². The molecule has 0 spiro atoms. The average molecular weight is 362 g/mol. The van der Waals surface area contributed by atoms with E-state index in [0.29, 0.717) is 5.56 Å². The molecule has 7 heteroatoms. The van der Waals surface area contributed by atoms with Gasteiger partial charge in [0.1, 0.15) is 12.2 Å². The normalized spacial score (nSPS) is 21.3. The fourth-order valence-electron chi connectivity index (χ4n) is 2.78. The number of carbonyl (C=O) groups excluding carboxylic acids is 3. The van der Waals surface area contributed by atoms with Crippen molar-refractivity contribution in [2.45, 2.75) is 45.2 Å². The molecule has 0 fully saturated rings. The van der Waals surface area contributed by atoms with E-state index in [2.05, 4.69) is 0 Å². The molecule has 0 amide bonds. The zero-order valence-electron chi connectivity index (χ0n) is 14.9. The molecule has 26 heavy (non-hydrogen) atoms. The predicted molar refractivity (Wildman–Crippen MR) is 90.9 cm³/mol. The molecule has 4 atom stereocenters. The second-order valence-electron chi connectivity index (χ2n) is 5.81. The summed E-state index contributed by atoms with van der Waals surface area (Å²) in [7, 11) is 0. The molecule has 0 unspecified atom stereocenters. The van der Waals surface area contributed by atoms with Gasteiger partial charge in [0, 0.05) is 20.8 Å². The first-order valence-electron chi connectivity index (χ1n) is 8.23. The fourth-order valence-corrected chi connectivity index (χ4v) is 2.78. The highest BCUT2D eigenvalue weighted by molar-refractivity contribution is 5.68. The Hall–Kier alpha value is -2.67. The third-order valence-electron chi connectivity index (χ3n) is 3.68. The minimum Gasteiger partial charge on any atom is -0.455 e. The van der Waals surface area contributed by atoms with Crippen LogP contribution in [-0.4, -0.2) is 42.8 Å². The highest BCUT2D eigenvalue weighted by atomic mass is 16.6. The molecule has 0 saturated carbocycles. The number of benzene rings is 1. The lowest BCUT2D eigenvalue weighted by Gasteiger charge is -2.36. The number of rotatable bonds is 6. The maximum Gasteiger partial charge on any atom is 0.303 e. The number of ether oxygens (including phenoxy) is 4. The Morgan fingerprint density at radius 3 is 2.23 bits per heavy atom. The molecule has 7 nitrogen and oxygen atoms in total. The van der Waals surface area contributed by atoms with E-state index >= 15 is 0 Å². The van der Waals surface area contributed by atoms with Crippen LogP contribution in [0.2, 0.25) is 0 Å². The SMILES string of the molecule is CC(=O)O[C@H]([C@H]1OCC=C[C@H]1OC(C)=O)[C@H](OC(C)=O)c1ccccc1. The lowest BCUT2D eigenvalue weighted by atomic mass is 9.95. The number of hydrogen-bond acceptors (Lipinski definition) is 7. The van der Waals surface area contributed by atoms with Crippen molar-refractivity contribution in [3.8, 4) is 0 Å². The van der Waals surface area contributed by atoms with Gasteiger partial charge in [0.2, 0.25) is 0 Å². The van der Waals surface area contributed by atoms with Gasteiger partial charge in [-0.25, -0.2) is 0 Å². The summed E-state index contributed by atoms with van der Waals surface area (Å²) in [5.41, 5.74) is 0.633. The molecule has 0 N–H and O–H groups in total. The summed E-state index contributed by atoms with van der Waals surface area (Å²) in [5.74, 6) is -1.60. The summed E-state index contributed by atoms with van der Waals surface area (Å²) < 4.78 is 21.9. The zero-order valence-corrected chi connectivity index (χ0v) is 14.9. The Balaban J connectivity index is 2.41. The standard InChI is InChI=1S/C19H22O7/c1-12(20)24-16-10-7-11-23-18(16)19(26-14(3)22)17(25-13(2)21)15-8-5-4-6-9-15/h4-10,16-19H,11H2,1-3H3/t16-,17-,18+,19+/m1/s1. The van der Waals surface area contributed by atoms with E-state index in [1.165, 1.54) is 20.8 Å². The highest BCUT2D eigenvalue weighted by Gasteiger charge is 2.42. The Morgan fingerprint density at radius 1 is 1.00 bits per heavy atom. The molecule has 140 valence electrons. The van der Waals surface area contributed by atoms with Gasteiger partial charge in [-0.1, -0.05) is 36.4 Å². The minimum absolute atomic E-state index is 0.252. The van der Waals surface area contributed by atoms with E-state index in [1.54, 1.807) is 36.4 Å². The van der Waals surface area contributed by atoms with E-state index in [4.69, 9.17) is 18.9 Å². The summed E-state index contributed by atoms with van der Waals surface area (Å²) in [6.07, 6.45) is -0.120. The van der Waals surface area contributed by atoms with Crippen molar-refractivity contribution in [1.82, 2.24) is 0 Å². The van der Waals surface area contributed by atoms with Gasteiger partial charge in [0.15, 0.2) is 12.2 Å². The van der Waals surface area contributed by atoms with Crippen molar-refractivity contribution in [3.05, 3.63) is 48.0 Å². The first kappa shape index (κ1) is 19.7. The van der Waals surface area contributed by atoms with Gasteiger partial charge in [0.05, 0.1) is 6.61 Å². The van der Waals surface area contributed by atoms with Crippen LogP contribution in [0.4, 0.5) is 0 Å². The van der Waals surface area contributed by atoms with Crippen molar-refractivity contribution in [3.63, 3.8) is 0 Å². The Bertz CT molecular complexity index is 668. The summed E-state index contributed by atoms with van der Waals surface area (Å²) in [6.45, 7) is 4.05. The minimum atomic E-state index is -0.993. The van der Waals surface area contributed by atoms with Gasteiger partial charge in [-0.05, 0) is 11.6 Å². The molecule has 0 aromatic heterocycles. The molecule has 1 aliphatic heterocycles. The van der Waals surface area contributed by atoms with Crippen LogP contribution in [0.15, 0.2) is 42.5 Å². The third-order valence-corrected chi connectivity index (χ3v) is 3.68. The maximum atomic E-state index is 11.7. The smallest absolute Gasteiger partial charge is 0.303 e. The molecular weight excluding hydrogens is 340 g/mol. The first-order chi connectivity index (χ1) is 12.4. The topological polar surface area (TPSA) is 88.1 Å². The van der Waals surface area contributed by atoms with Crippen LogP contribution in [0, 0.1) is 0 Å². The third kappa shape index (κ3) is 5.42. The zero-order chi connectivity index (χ0) is 19.1. The molecule has 1 aromatic carbocycles. The quantitative estimate of drug-likeness (QED) is 0.435. The second-order valence-corrected chi connectivity index (χ2v) is 5.81. The van der Waals surface area contributed by atoms with E-state index in [0.717, 1.165) is 0 Å². The summed E-state index contributed by atoms with van der Waals surface area (Å²) >= 11 is 0. The van der Waals surface area contributed by atoms with Crippen LogP contribution in [0.5, 0.6) is 0 Å². The van der Waals surface area contributed by atoms with Crippen molar-refractivity contribution >= 4 is 17.9 Å². The highest BCUT2D eigenvalue weighted by Crippen LogP contribution is 2.31. The van der Waals surface area contributed by atoms with Crippen molar-refractivity contribution in [1.29, 1.82) is 0 Å². The monoisotopic (exact) mass is 362 g/mol. The molecule has 0 bridgehead atoms. The fraction of sp³-hybridized carbons (Fsp3) is 0.421. The van der Waals surface area contributed by atoms with Crippen LogP contribution < -0.4 is 0 Å². The predicted octanol–water partition coefficient (Wildman–Crippen LogP) is 2.11. The lowest BCUT2D eigenvalue weighted by Crippen LogP contribution is -2.48. The van der Waals surface area contributed by atoms with E-state index < -0.39 is 42.3 Å². The molecule has 1 heterocycles. The van der Waals surface area contributed by atoms with Crippen molar-refractivity contribution in [2.75, 3.05) is 6.61 Å². The van der Waals surface area contributed by atoms with Crippen molar-refractivity contribution in [2.24, 2.45) is 0 Å². The summed E-state index contributed by atoms with van der Waals surface area (Å²) in [6, 6.07) is 8.88. The van der Waals surface area contributed by atoms with Crippen LogP contribution in [0.25, 0.3) is 0 Å². The molecule has 1 aliphatic rings. The Labute approximate surface area is 151 Å². The van der Waals surface area contributed by atoms with Gasteiger partial charge in [-0.15, -0.1) is 0 Å². The molecule has 1 aromatic rings. The van der Waals surface area contributed by atoms with E-state index in [9.17, 15) is 14.4 Å². The molecule has 2 rings (SSSR count). The number of hydrogen-bond donors (Lipinski definition) is 0. The van der Waals surface area contributed by atoms with Crippen LogP contribution in [0.3, 0.4) is 0 Å². The average Bonchev–Trinajstić information content (AvgIpc) is 2.58. The number of carbonyl (C=O) groups is 3. The van der Waals surface area contributed by atoms with E-state index in [1.807, 2.05) is 6.07 Å². The Kier molecular flexibility index (Phi) is 6.91. The first-order valence-corrected chi connectivity index (χ1v) is 8.23. The van der Waals surface area contributed by atoms with Gasteiger partial charge in [-0.3, -0.25) is 14.4 Å². The van der Waals surface area contributed by atoms with Crippen LogP contribution in [0.1, 0.15) is 32.4 Å². The molecular formula is C19H22O7. The van der Waals surface area contributed by atoms with Gasteiger partial charge in [-0.2, -0.15) is 0 Å². The van der Waals surface area contributed by atoms with Crippen molar-refractivity contribution < 1.29 is 33.3 Å². The van der Waals surface area contributed by atoms with Gasteiger partial charge in [0.25, 0.3) is 0 Å². The van der Waals surface area contributed by atoms with Gasteiger partial charge >= 0.3 is 17.9 Å². The second kappa shape index (κ2) is 9.15. The lowest BCUT2D eigenvalue weighted by molar-refractivity contribution is -0.192. The van der Waals surface area contributed by atoms with Crippen LogP contribution in [-0.2, 0) is 33.3 Å². The molecule has 0 aliphatic carbocycles. The summed E-state index contributed by atoms with van der Waals surface area (Å²) in [5, 5.41) is 0. The number of esters is 3. The Morgan fingerprint density at radius 2 is 1.65 bits per heavy atom. The van der Waals surface area contributed by atoms with Crippen LogP contribution >= 0.6 is 0 Å². The molecule has 0 radical (unpaired) electrons. The summed E-state index contributed by atoms with van der Waals surface area (Å²) in [4.78, 5) is 34.8. The van der Waals surface area contributed by atoms with Gasteiger partial charge < -0.3 is 18.9 Å². The largest absolute Gasteiger partial charge is 0.455 e. The maximum absolute atomic E-state index is 11.7.